The fraction of sp³-hybridized carbons (Fsp3) is 0.263. The second-order valence-electron chi connectivity index (χ2n) is 7.62. The van der Waals surface area contributed by atoms with Crippen LogP contribution < -0.4 is 11.1 Å². The number of aryl methyl sites for hydroxylation is 1. The number of carbonyl (C=O) groups is 1. The van der Waals surface area contributed by atoms with E-state index in [2.05, 4.69) is 26.2 Å². The molecule has 0 fully saturated rings. The molecular formula is C19H22N7OS+. The Morgan fingerprint density at radius 3 is 2.68 bits per heavy atom. The number of aromatic nitrogens is 5. The first-order chi connectivity index (χ1) is 13.3. The maximum atomic E-state index is 12.4. The highest BCUT2D eigenvalue weighted by molar-refractivity contribution is 7.12. The molecule has 4 heterocycles. The van der Waals surface area contributed by atoms with Crippen LogP contribution in [0.5, 0.6) is 0 Å². The van der Waals surface area contributed by atoms with Crippen molar-refractivity contribution in [2.75, 3.05) is 6.54 Å². The minimum absolute atomic E-state index is 0.0868. The van der Waals surface area contributed by atoms with Crippen LogP contribution in [0.25, 0.3) is 27.9 Å². The molecule has 0 aromatic carbocycles. The number of hydrogen-bond acceptors (Lipinski definition) is 5. The number of carbonyl (C=O) groups excluding carboxylic acids is 1. The summed E-state index contributed by atoms with van der Waals surface area (Å²) in [5.41, 5.74) is 8.31. The summed E-state index contributed by atoms with van der Waals surface area (Å²) in [6.45, 7) is 4.49. The van der Waals surface area contributed by atoms with Gasteiger partial charge in [-0.2, -0.15) is 10.2 Å². The van der Waals surface area contributed by atoms with Crippen LogP contribution in [-0.4, -0.2) is 42.4 Å². The number of hydrogen-bond donors (Lipinski definition) is 2. The highest BCUT2D eigenvalue weighted by Crippen LogP contribution is 2.29. The molecule has 144 valence electrons. The average Bonchev–Trinajstić information content (AvgIpc) is 3.37. The SMILES string of the molecule is Cn1cc(-c2cnc3c(-c4csc(C(=O)NCC(C)(C)[NH3+])c4)cnn3c2)cn1. The van der Waals surface area contributed by atoms with Crippen LogP contribution in [0.4, 0.5) is 0 Å². The minimum Gasteiger partial charge on any atom is -0.352 e. The van der Waals surface area contributed by atoms with E-state index in [1.807, 2.05) is 50.9 Å². The van der Waals surface area contributed by atoms with E-state index in [1.165, 1.54) is 11.3 Å². The maximum Gasteiger partial charge on any atom is 0.261 e. The van der Waals surface area contributed by atoms with Gasteiger partial charge in [0.05, 0.1) is 23.8 Å². The van der Waals surface area contributed by atoms with Crippen molar-refractivity contribution in [3.8, 4) is 22.3 Å². The topological polar surface area (TPSA) is 105 Å². The van der Waals surface area contributed by atoms with Crippen molar-refractivity contribution in [2.45, 2.75) is 19.4 Å². The Balaban J connectivity index is 1.60. The third-order valence-corrected chi connectivity index (χ3v) is 5.19. The summed E-state index contributed by atoms with van der Waals surface area (Å²) < 4.78 is 3.50. The Morgan fingerprint density at radius 1 is 1.18 bits per heavy atom. The molecule has 1 amide bonds. The summed E-state index contributed by atoms with van der Waals surface area (Å²) in [5, 5.41) is 13.5. The number of fused-ring (bicyclic) bond motifs is 1. The average molecular weight is 397 g/mol. The van der Waals surface area contributed by atoms with Crippen LogP contribution in [0.15, 0.2) is 42.4 Å². The van der Waals surface area contributed by atoms with E-state index in [-0.39, 0.29) is 11.4 Å². The Morgan fingerprint density at radius 2 is 1.96 bits per heavy atom. The minimum atomic E-state index is -0.200. The molecule has 0 radical (unpaired) electrons. The van der Waals surface area contributed by atoms with E-state index in [1.54, 1.807) is 21.6 Å². The van der Waals surface area contributed by atoms with Gasteiger partial charge in [-0.25, -0.2) is 9.50 Å². The zero-order chi connectivity index (χ0) is 19.9. The molecular weight excluding hydrogens is 374 g/mol. The monoisotopic (exact) mass is 396 g/mol. The van der Waals surface area contributed by atoms with Gasteiger partial charge in [0, 0.05) is 42.3 Å². The first-order valence-electron chi connectivity index (χ1n) is 8.85. The van der Waals surface area contributed by atoms with Crippen molar-refractivity contribution in [2.24, 2.45) is 7.05 Å². The van der Waals surface area contributed by atoms with Crippen molar-refractivity contribution in [1.29, 1.82) is 0 Å². The summed E-state index contributed by atoms with van der Waals surface area (Å²) in [5.74, 6) is -0.0868. The standard InChI is InChI=1S/C19H21N7OS/c1-19(2,20)11-22-18(27)16-4-12(10-28-16)15-7-24-26-9-13(5-21-17(15)26)14-6-23-25(3)8-14/h4-10H,11,20H2,1-3H3,(H,22,27)/p+1. The Kier molecular flexibility index (Phi) is 4.48. The molecule has 4 aromatic heterocycles. The van der Waals surface area contributed by atoms with Crippen molar-refractivity contribution >= 4 is 22.9 Å². The molecule has 28 heavy (non-hydrogen) atoms. The van der Waals surface area contributed by atoms with Gasteiger partial charge in [0.1, 0.15) is 5.54 Å². The fourth-order valence-corrected chi connectivity index (χ4v) is 3.62. The Labute approximate surface area is 166 Å². The smallest absolute Gasteiger partial charge is 0.261 e. The lowest BCUT2D eigenvalue weighted by Crippen LogP contribution is -2.73. The zero-order valence-corrected chi connectivity index (χ0v) is 16.8. The van der Waals surface area contributed by atoms with E-state index in [9.17, 15) is 4.79 Å². The van der Waals surface area contributed by atoms with Gasteiger partial charge in [0.25, 0.3) is 5.91 Å². The van der Waals surface area contributed by atoms with Gasteiger partial charge in [0.2, 0.25) is 0 Å². The van der Waals surface area contributed by atoms with E-state index in [0.717, 1.165) is 27.9 Å². The Hall–Kier alpha value is -3.04. The highest BCUT2D eigenvalue weighted by Gasteiger charge is 2.19. The van der Waals surface area contributed by atoms with Gasteiger partial charge in [0.15, 0.2) is 5.65 Å². The molecule has 8 nitrogen and oxygen atoms in total. The van der Waals surface area contributed by atoms with E-state index < -0.39 is 0 Å². The Bertz CT molecular complexity index is 1150. The highest BCUT2D eigenvalue weighted by atomic mass is 32.1. The van der Waals surface area contributed by atoms with Gasteiger partial charge in [-0.05, 0) is 30.9 Å². The molecule has 0 bridgehead atoms. The molecule has 0 atom stereocenters. The van der Waals surface area contributed by atoms with Gasteiger partial charge in [-0.3, -0.25) is 9.48 Å². The van der Waals surface area contributed by atoms with Crippen molar-refractivity contribution in [3.05, 3.63) is 47.3 Å². The number of rotatable bonds is 5. The largest absolute Gasteiger partial charge is 0.352 e. The first kappa shape index (κ1) is 18.3. The summed E-state index contributed by atoms with van der Waals surface area (Å²) in [6, 6.07) is 1.88. The molecule has 0 saturated heterocycles. The number of quaternary nitrogens is 1. The molecule has 4 aromatic rings. The lowest BCUT2D eigenvalue weighted by atomic mass is 10.1. The summed E-state index contributed by atoms with van der Waals surface area (Å²) in [7, 11) is 1.88. The van der Waals surface area contributed by atoms with Crippen LogP contribution >= 0.6 is 11.3 Å². The maximum absolute atomic E-state index is 12.4. The summed E-state index contributed by atoms with van der Waals surface area (Å²) in [4.78, 5) is 17.6. The molecule has 4 N–H and O–H groups in total. The lowest BCUT2D eigenvalue weighted by molar-refractivity contribution is -0.462. The molecule has 9 heteroatoms. The zero-order valence-electron chi connectivity index (χ0n) is 16.0. The number of amides is 1. The molecule has 0 saturated carbocycles. The van der Waals surface area contributed by atoms with Crippen LogP contribution in [0.3, 0.4) is 0 Å². The quantitative estimate of drug-likeness (QED) is 0.535. The second-order valence-corrected chi connectivity index (χ2v) is 8.53. The van der Waals surface area contributed by atoms with Gasteiger partial charge < -0.3 is 11.1 Å². The molecule has 0 unspecified atom stereocenters. The third-order valence-electron chi connectivity index (χ3n) is 4.26. The molecule has 0 aliphatic rings. The third kappa shape index (κ3) is 3.67. The number of nitrogens with one attached hydrogen (secondary N) is 1. The van der Waals surface area contributed by atoms with Crippen molar-refractivity contribution in [1.82, 2.24) is 29.7 Å². The first-order valence-corrected chi connectivity index (χ1v) is 9.73. The predicted molar refractivity (Wildman–Crippen MR) is 108 cm³/mol. The predicted octanol–water partition coefficient (Wildman–Crippen LogP) is 1.61. The van der Waals surface area contributed by atoms with Crippen LogP contribution in [0, 0.1) is 0 Å². The fourth-order valence-electron chi connectivity index (χ4n) is 2.80. The normalized spacial score (nSPS) is 11.9. The summed E-state index contributed by atoms with van der Waals surface area (Å²) >= 11 is 1.41. The number of nitrogens with zero attached hydrogens (tertiary/aromatic N) is 5. The second kappa shape index (κ2) is 6.84. The van der Waals surface area contributed by atoms with Crippen molar-refractivity contribution < 1.29 is 10.5 Å². The molecule has 0 aliphatic heterocycles. The molecule has 0 aliphatic carbocycles. The van der Waals surface area contributed by atoms with Crippen LogP contribution in [0.1, 0.15) is 23.5 Å². The van der Waals surface area contributed by atoms with Gasteiger partial charge in [-0.1, -0.05) is 0 Å². The van der Waals surface area contributed by atoms with E-state index in [4.69, 9.17) is 0 Å². The van der Waals surface area contributed by atoms with Crippen LogP contribution in [-0.2, 0) is 7.05 Å². The van der Waals surface area contributed by atoms with Gasteiger partial charge >= 0.3 is 0 Å². The van der Waals surface area contributed by atoms with Crippen LogP contribution in [0.2, 0.25) is 0 Å². The van der Waals surface area contributed by atoms with E-state index >= 15 is 0 Å². The molecule has 0 spiro atoms. The number of thiophene rings is 1. The summed E-state index contributed by atoms with van der Waals surface area (Å²) in [6.07, 6.45) is 9.25. The van der Waals surface area contributed by atoms with E-state index in [0.29, 0.717) is 11.4 Å². The van der Waals surface area contributed by atoms with Gasteiger partial charge in [-0.15, -0.1) is 11.3 Å². The van der Waals surface area contributed by atoms with Crippen molar-refractivity contribution in [3.63, 3.8) is 0 Å². The lowest BCUT2D eigenvalue weighted by Gasteiger charge is -2.14. The molecule has 4 rings (SSSR count).